The third kappa shape index (κ3) is 6.91. The summed E-state index contributed by atoms with van der Waals surface area (Å²) in [7, 11) is 0. The van der Waals surface area contributed by atoms with E-state index < -0.39 is 6.04 Å². The highest BCUT2D eigenvalue weighted by Crippen LogP contribution is 2.21. The van der Waals surface area contributed by atoms with E-state index in [1.165, 1.54) is 17.3 Å². The number of nitrogens with one attached hydrogen (secondary N) is 1. The normalized spacial score (nSPS) is 12.8. The number of carbonyl (C=O) groups excluding carboxylic acids is 2. The zero-order chi connectivity index (χ0) is 22.1. The molecule has 0 aliphatic rings. The minimum atomic E-state index is -0.482. The van der Waals surface area contributed by atoms with Gasteiger partial charge >= 0.3 is 0 Å². The molecule has 2 amide bonds. The molecule has 0 bridgehead atoms. The Balaban J connectivity index is 2.21. The lowest BCUT2D eigenvalue weighted by atomic mass is 10.1. The van der Waals surface area contributed by atoms with E-state index in [1.54, 1.807) is 4.90 Å². The van der Waals surface area contributed by atoms with Crippen LogP contribution in [-0.4, -0.2) is 34.6 Å². The second kappa shape index (κ2) is 11.8. The molecule has 0 saturated heterocycles. The van der Waals surface area contributed by atoms with E-state index in [0.29, 0.717) is 18.7 Å². The van der Waals surface area contributed by atoms with Crippen LogP contribution in [0.3, 0.4) is 0 Å². The number of aryl methyl sites for hydroxylation is 2. The summed E-state index contributed by atoms with van der Waals surface area (Å²) in [5, 5.41) is 3.06. The first kappa shape index (κ1) is 24.0. The summed E-state index contributed by atoms with van der Waals surface area (Å²) < 4.78 is 0. The number of benzene rings is 2. The fraction of sp³-hybridized carbons (Fsp3) is 0.440. The maximum Gasteiger partial charge on any atom is 0.243 e. The Morgan fingerprint density at radius 1 is 1.00 bits per heavy atom. The summed E-state index contributed by atoms with van der Waals surface area (Å²) in [6.07, 6.45) is 1.44. The molecule has 2 rings (SSSR count). The average Bonchev–Trinajstić information content (AvgIpc) is 2.74. The van der Waals surface area contributed by atoms with Gasteiger partial charge in [0.05, 0.1) is 5.75 Å². The highest BCUT2D eigenvalue weighted by atomic mass is 32.2. The van der Waals surface area contributed by atoms with Crippen molar-refractivity contribution in [3.63, 3.8) is 0 Å². The van der Waals surface area contributed by atoms with Gasteiger partial charge in [-0.1, -0.05) is 55.8 Å². The van der Waals surface area contributed by atoms with Crippen LogP contribution >= 0.6 is 11.8 Å². The Labute approximate surface area is 185 Å². The van der Waals surface area contributed by atoms with Crippen LogP contribution < -0.4 is 5.32 Å². The maximum atomic E-state index is 13.3. The fourth-order valence-electron chi connectivity index (χ4n) is 3.19. The van der Waals surface area contributed by atoms with Crippen LogP contribution in [0.2, 0.25) is 0 Å². The van der Waals surface area contributed by atoms with Gasteiger partial charge in [0.2, 0.25) is 11.8 Å². The van der Waals surface area contributed by atoms with E-state index in [2.05, 4.69) is 5.32 Å². The van der Waals surface area contributed by atoms with Crippen LogP contribution in [0.1, 0.15) is 50.3 Å². The number of rotatable bonds is 10. The van der Waals surface area contributed by atoms with Gasteiger partial charge in [0.1, 0.15) is 6.04 Å². The second-order valence-corrected chi connectivity index (χ2v) is 8.84. The molecule has 162 valence electrons. The second-order valence-electron chi connectivity index (χ2n) is 7.79. The molecule has 0 heterocycles. The molecule has 0 saturated carbocycles. The quantitative estimate of drug-likeness (QED) is 0.537. The first-order valence-electron chi connectivity index (χ1n) is 10.7. The van der Waals surface area contributed by atoms with Crippen LogP contribution in [0.25, 0.3) is 0 Å². The van der Waals surface area contributed by atoms with Crippen LogP contribution in [0.15, 0.2) is 53.4 Å². The molecule has 4 nitrogen and oxygen atoms in total. The third-order valence-corrected chi connectivity index (χ3v) is 6.37. The van der Waals surface area contributed by atoms with Crippen LogP contribution in [0.5, 0.6) is 0 Å². The van der Waals surface area contributed by atoms with Crippen LogP contribution in [0, 0.1) is 13.8 Å². The molecule has 0 aliphatic heterocycles. The molecule has 2 aromatic carbocycles. The van der Waals surface area contributed by atoms with E-state index in [0.717, 1.165) is 22.4 Å². The lowest BCUT2D eigenvalue weighted by Gasteiger charge is -2.32. The van der Waals surface area contributed by atoms with Gasteiger partial charge in [-0.3, -0.25) is 9.59 Å². The first-order valence-corrected chi connectivity index (χ1v) is 11.7. The molecule has 0 spiro atoms. The SMILES string of the molecule is CC[C@@H](C)NC(=O)[C@H](CC)N(Cc1ccccc1C)C(=O)CSc1ccc(C)cc1. The Kier molecular flexibility index (Phi) is 9.44. The van der Waals surface area contributed by atoms with E-state index in [9.17, 15) is 9.59 Å². The molecule has 0 radical (unpaired) electrons. The molecule has 0 aromatic heterocycles. The molecule has 0 aliphatic carbocycles. The lowest BCUT2D eigenvalue weighted by molar-refractivity contribution is -0.139. The molecule has 2 aromatic rings. The van der Waals surface area contributed by atoms with Gasteiger partial charge < -0.3 is 10.2 Å². The van der Waals surface area contributed by atoms with Crippen molar-refractivity contribution < 1.29 is 9.59 Å². The molecule has 30 heavy (non-hydrogen) atoms. The van der Waals surface area contributed by atoms with E-state index in [4.69, 9.17) is 0 Å². The van der Waals surface area contributed by atoms with Gasteiger partial charge in [-0.05, 0) is 56.9 Å². The number of hydrogen-bond donors (Lipinski definition) is 1. The average molecular weight is 427 g/mol. The van der Waals surface area contributed by atoms with Crippen molar-refractivity contribution in [3.8, 4) is 0 Å². The van der Waals surface area contributed by atoms with E-state index in [-0.39, 0.29) is 17.9 Å². The fourth-order valence-corrected chi connectivity index (χ4v) is 3.98. The molecular weight excluding hydrogens is 392 g/mol. The van der Waals surface area contributed by atoms with Crippen molar-refractivity contribution in [1.29, 1.82) is 0 Å². The number of thioether (sulfide) groups is 1. The first-order chi connectivity index (χ1) is 14.3. The molecule has 0 fully saturated rings. The van der Waals surface area contributed by atoms with Crippen molar-refractivity contribution in [2.24, 2.45) is 0 Å². The molecule has 0 unspecified atom stereocenters. The standard InChI is InChI=1S/C25H34N2O2S/c1-6-20(5)26-25(29)23(7-2)27(16-21-11-9-8-10-19(21)4)24(28)17-30-22-14-12-18(3)13-15-22/h8-15,20,23H,6-7,16-17H2,1-5H3,(H,26,29)/t20-,23+/m1/s1. The lowest BCUT2D eigenvalue weighted by Crippen LogP contribution is -2.51. The zero-order valence-electron chi connectivity index (χ0n) is 18.8. The summed E-state index contributed by atoms with van der Waals surface area (Å²) in [5.41, 5.74) is 3.39. The number of carbonyl (C=O) groups is 2. The van der Waals surface area contributed by atoms with Gasteiger partial charge in [-0.15, -0.1) is 11.8 Å². The van der Waals surface area contributed by atoms with Crippen LogP contribution in [-0.2, 0) is 16.1 Å². The van der Waals surface area contributed by atoms with Crippen molar-refractivity contribution in [2.75, 3.05) is 5.75 Å². The summed E-state index contributed by atoms with van der Waals surface area (Å²) in [6.45, 7) is 10.5. The minimum absolute atomic E-state index is 0.0185. The van der Waals surface area contributed by atoms with Crippen molar-refractivity contribution in [3.05, 3.63) is 65.2 Å². The molecule has 5 heteroatoms. The van der Waals surface area contributed by atoms with Gasteiger partial charge in [-0.2, -0.15) is 0 Å². The van der Waals surface area contributed by atoms with Gasteiger partial charge in [-0.25, -0.2) is 0 Å². The summed E-state index contributed by atoms with van der Waals surface area (Å²) in [5.74, 6) is 0.214. The van der Waals surface area contributed by atoms with Gasteiger partial charge in [0, 0.05) is 17.5 Å². The Morgan fingerprint density at radius 3 is 2.27 bits per heavy atom. The Hall–Kier alpha value is -2.27. The van der Waals surface area contributed by atoms with Gasteiger partial charge in [0.15, 0.2) is 0 Å². The van der Waals surface area contributed by atoms with Gasteiger partial charge in [0.25, 0.3) is 0 Å². The van der Waals surface area contributed by atoms with Crippen molar-refractivity contribution in [1.82, 2.24) is 10.2 Å². The summed E-state index contributed by atoms with van der Waals surface area (Å²) >= 11 is 1.52. The predicted octanol–water partition coefficient (Wildman–Crippen LogP) is 5.12. The number of amides is 2. The monoisotopic (exact) mass is 426 g/mol. The molecule has 1 N–H and O–H groups in total. The minimum Gasteiger partial charge on any atom is -0.352 e. The Bertz CT molecular complexity index is 835. The van der Waals surface area contributed by atoms with Crippen molar-refractivity contribution >= 4 is 23.6 Å². The number of nitrogens with zero attached hydrogens (tertiary/aromatic N) is 1. The van der Waals surface area contributed by atoms with Crippen LogP contribution in [0.4, 0.5) is 0 Å². The molecular formula is C25H34N2O2S. The highest BCUT2D eigenvalue weighted by Gasteiger charge is 2.29. The number of hydrogen-bond acceptors (Lipinski definition) is 3. The topological polar surface area (TPSA) is 49.4 Å². The van der Waals surface area contributed by atoms with Crippen molar-refractivity contribution in [2.45, 2.75) is 71.0 Å². The highest BCUT2D eigenvalue weighted by molar-refractivity contribution is 8.00. The summed E-state index contributed by atoms with van der Waals surface area (Å²) in [4.78, 5) is 29.1. The molecule has 2 atom stereocenters. The zero-order valence-corrected chi connectivity index (χ0v) is 19.6. The largest absolute Gasteiger partial charge is 0.352 e. The predicted molar refractivity (Wildman–Crippen MR) is 126 cm³/mol. The Morgan fingerprint density at radius 2 is 1.67 bits per heavy atom. The third-order valence-electron chi connectivity index (χ3n) is 5.37. The maximum absolute atomic E-state index is 13.3. The van der Waals surface area contributed by atoms with E-state index >= 15 is 0 Å². The smallest absolute Gasteiger partial charge is 0.243 e. The summed E-state index contributed by atoms with van der Waals surface area (Å²) in [6, 6.07) is 15.8. The van der Waals surface area contributed by atoms with E-state index in [1.807, 2.05) is 83.1 Å².